The largest absolute Gasteiger partial charge is 0.281 e. The van der Waals surface area contributed by atoms with Crippen LogP contribution in [0.1, 0.15) is 25.0 Å². The monoisotopic (exact) mass is 321 g/mol. The van der Waals surface area contributed by atoms with E-state index in [2.05, 4.69) is 26.1 Å². The summed E-state index contributed by atoms with van der Waals surface area (Å²) in [5.74, 6) is 0. The summed E-state index contributed by atoms with van der Waals surface area (Å²) in [6, 6.07) is 0.159. The van der Waals surface area contributed by atoms with E-state index in [1.807, 2.05) is 0 Å². The van der Waals surface area contributed by atoms with E-state index in [1.165, 1.54) is 6.20 Å². The van der Waals surface area contributed by atoms with Crippen LogP contribution in [0, 0.1) is 6.92 Å². The lowest BCUT2D eigenvalue weighted by atomic mass is 9.93. The van der Waals surface area contributed by atoms with Crippen molar-refractivity contribution in [3.63, 3.8) is 0 Å². The second kappa shape index (κ2) is 5.07. The van der Waals surface area contributed by atoms with Gasteiger partial charge in [-0.25, -0.2) is 8.42 Å². The van der Waals surface area contributed by atoms with Crippen LogP contribution in [0.4, 0.5) is 0 Å². The van der Waals surface area contributed by atoms with Crippen LogP contribution in [-0.2, 0) is 10.0 Å². The fourth-order valence-corrected chi connectivity index (χ4v) is 4.41. The zero-order chi connectivity index (χ0) is 12.5. The third-order valence-corrected chi connectivity index (χ3v) is 5.58. The van der Waals surface area contributed by atoms with Gasteiger partial charge in [0.25, 0.3) is 0 Å². The van der Waals surface area contributed by atoms with Gasteiger partial charge in [-0.3, -0.25) is 5.10 Å². The number of aromatic nitrogens is 2. The maximum atomic E-state index is 12.5. The lowest BCUT2D eigenvalue weighted by Crippen LogP contribution is -2.45. The fraction of sp³-hybridized carbons (Fsp3) is 0.700. The van der Waals surface area contributed by atoms with Gasteiger partial charge in [-0.15, -0.1) is 0 Å². The quantitative estimate of drug-likeness (QED) is 0.839. The van der Waals surface area contributed by atoms with E-state index in [0.717, 1.165) is 19.3 Å². The molecule has 0 aromatic carbocycles. The number of nitrogens with zero attached hydrogens (tertiary/aromatic N) is 2. The highest BCUT2D eigenvalue weighted by atomic mass is 79.9. The van der Waals surface area contributed by atoms with Crippen molar-refractivity contribution in [3.8, 4) is 0 Å². The Morgan fingerprint density at radius 2 is 2.29 bits per heavy atom. The first-order valence-electron chi connectivity index (χ1n) is 5.65. The topological polar surface area (TPSA) is 66.1 Å². The van der Waals surface area contributed by atoms with Crippen LogP contribution in [-0.4, -0.2) is 40.8 Å². The molecule has 0 aliphatic heterocycles. The minimum atomic E-state index is -3.40. The number of alkyl halides is 1. The second-order valence-corrected chi connectivity index (χ2v) is 6.90. The summed E-state index contributed by atoms with van der Waals surface area (Å²) in [6.45, 7) is 2.24. The molecule has 0 atom stereocenters. The molecule has 5 nitrogen and oxygen atoms in total. The van der Waals surface area contributed by atoms with Gasteiger partial charge in [0.15, 0.2) is 0 Å². The van der Waals surface area contributed by atoms with Crippen LogP contribution in [0.15, 0.2) is 11.1 Å². The summed E-state index contributed by atoms with van der Waals surface area (Å²) in [5, 5.41) is 7.12. The van der Waals surface area contributed by atoms with Gasteiger partial charge in [0, 0.05) is 17.9 Å². The summed E-state index contributed by atoms with van der Waals surface area (Å²) in [4.78, 5) is 0.297. The van der Waals surface area contributed by atoms with Crippen LogP contribution in [0.5, 0.6) is 0 Å². The maximum Gasteiger partial charge on any atom is 0.246 e. The lowest BCUT2D eigenvalue weighted by Gasteiger charge is -2.36. The van der Waals surface area contributed by atoms with Crippen molar-refractivity contribution in [1.82, 2.24) is 14.5 Å². The Labute approximate surface area is 110 Å². The number of hydrogen-bond donors (Lipinski definition) is 1. The van der Waals surface area contributed by atoms with E-state index in [-0.39, 0.29) is 6.04 Å². The van der Waals surface area contributed by atoms with E-state index in [4.69, 9.17) is 0 Å². The Kier molecular flexibility index (Phi) is 3.89. The number of H-pyrrole nitrogens is 1. The molecule has 0 saturated heterocycles. The Bertz CT molecular complexity index is 481. The number of nitrogens with one attached hydrogen (secondary N) is 1. The van der Waals surface area contributed by atoms with E-state index in [1.54, 1.807) is 11.2 Å². The van der Waals surface area contributed by atoms with E-state index in [0.29, 0.717) is 22.5 Å². The molecule has 1 fully saturated rings. The van der Waals surface area contributed by atoms with E-state index in [9.17, 15) is 8.42 Å². The van der Waals surface area contributed by atoms with E-state index < -0.39 is 10.0 Å². The van der Waals surface area contributed by atoms with Crippen molar-refractivity contribution in [2.75, 3.05) is 11.9 Å². The molecular formula is C10H16BrN3O2S. The predicted molar refractivity (Wildman–Crippen MR) is 68.6 cm³/mol. The fourth-order valence-electron chi connectivity index (χ4n) is 1.98. The van der Waals surface area contributed by atoms with Crippen LogP contribution >= 0.6 is 15.9 Å². The summed E-state index contributed by atoms with van der Waals surface area (Å²) in [7, 11) is -3.40. The van der Waals surface area contributed by atoms with Crippen LogP contribution in [0.3, 0.4) is 0 Å². The first-order valence-corrected chi connectivity index (χ1v) is 8.21. The van der Waals surface area contributed by atoms with Crippen molar-refractivity contribution in [1.29, 1.82) is 0 Å². The van der Waals surface area contributed by atoms with Crippen molar-refractivity contribution in [2.24, 2.45) is 0 Å². The van der Waals surface area contributed by atoms with Crippen molar-refractivity contribution in [2.45, 2.75) is 37.1 Å². The zero-order valence-electron chi connectivity index (χ0n) is 9.69. The zero-order valence-corrected chi connectivity index (χ0v) is 12.1. The van der Waals surface area contributed by atoms with Gasteiger partial charge < -0.3 is 0 Å². The molecule has 2 rings (SSSR count). The molecular weight excluding hydrogens is 306 g/mol. The van der Waals surface area contributed by atoms with Crippen LogP contribution < -0.4 is 0 Å². The summed E-state index contributed by atoms with van der Waals surface area (Å²) < 4.78 is 26.6. The second-order valence-electron chi connectivity index (χ2n) is 4.25. The highest BCUT2D eigenvalue weighted by molar-refractivity contribution is 9.09. The van der Waals surface area contributed by atoms with Gasteiger partial charge >= 0.3 is 0 Å². The molecule has 1 aliphatic rings. The molecule has 0 amide bonds. The van der Waals surface area contributed by atoms with Gasteiger partial charge in [-0.2, -0.15) is 9.40 Å². The number of aromatic amines is 1. The average Bonchev–Trinajstić information content (AvgIpc) is 2.61. The Hall–Kier alpha value is -0.400. The summed E-state index contributed by atoms with van der Waals surface area (Å²) >= 11 is 3.32. The van der Waals surface area contributed by atoms with Crippen molar-refractivity contribution in [3.05, 3.63) is 11.9 Å². The van der Waals surface area contributed by atoms with Crippen molar-refractivity contribution < 1.29 is 8.42 Å². The molecule has 96 valence electrons. The third-order valence-electron chi connectivity index (χ3n) is 3.16. The maximum absolute atomic E-state index is 12.5. The molecule has 1 aliphatic carbocycles. The Morgan fingerprint density at radius 1 is 1.59 bits per heavy atom. The predicted octanol–water partition coefficient (Wildman–Crippen LogP) is 1.66. The minimum Gasteiger partial charge on any atom is -0.281 e. The summed E-state index contributed by atoms with van der Waals surface area (Å²) in [5.41, 5.74) is 0.601. The average molecular weight is 322 g/mol. The Balaban J connectivity index is 2.31. The minimum absolute atomic E-state index is 0.159. The van der Waals surface area contributed by atoms with Gasteiger partial charge in [0.05, 0.1) is 11.9 Å². The number of sulfonamides is 1. The SMILES string of the molecule is Cc1[nH]ncc1S(=O)(=O)N(CCBr)C1CCC1. The molecule has 0 bridgehead atoms. The van der Waals surface area contributed by atoms with Crippen molar-refractivity contribution >= 4 is 26.0 Å². The van der Waals surface area contributed by atoms with Crippen LogP contribution in [0.25, 0.3) is 0 Å². The number of halogens is 1. The molecule has 17 heavy (non-hydrogen) atoms. The highest BCUT2D eigenvalue weighted by Crippen LogP contribution is 2.30. The molecule has 1 heterocycles. The first kappa shape index (κ1) is 13.0. The number of hydrogen-bond acceptors (Lipinski definition) is 3. The molecule has 0 spiro atoms. The van der Waals surface area contributed by atoms with E-state index >= 15 is 0 Å². The smallest absolute Gasteiger partial charge is 0.246 e. The highest BCUT2D eigenvalue weighted by Gasteiger charge is 2.35. The first-order chi connectivity index (χ1) is 8.07. The van der Waals surface area contributed by atoms with Gasteiger partial charge in [0.2, 0.25) is 10.0 Å². The summed E-state index contributed by atoms with van der Waals surface area (Å²) in [6.07, 6.45) is 4.43. The van der Waals surface area contributed by atoms with Crippen LogP contribution in [0.2, 0.25) is 0 Å². The molecule has 1 saturated carbocycles. The third kappa shape index (κ3) is 2.41. The molecule has 0 radical (unpaired) electrons. The molecule has 1 aromatic rings. The van der Waals surface area contributed by atoms with Gasteiger partial charge in [0.1, 0.15) is 4.90 Å². The normalized spacial score (nSPS) is 17.4. The molecule has 1 N–H and O–H groups in total. The Morgan fingerprint density at radius 3 is 2.71 bits per heavy atom. The number of rotatable bonds is 5. The standard InChI is InChI=1S/C10H16BrN3O2S/c1-8-10(7-12-13-8)17(15,16)14(6-5-11)9-3-2-4-9/h7,9H,2-6H2,1H3,(H,12,13). The molecule has 1 aromatic heterocycles. The number of aryl methyl sites for hydroxylation is 1. The lowest BCUT2D eigenvalue weighted by molar-refractivity contribution is 0.228. The molecule has 0 unspecified atom stereocenters. The molecule has 7 heteroatoms. The van der Waals surface area contributed by atoms with Gasteiger partial charge in [-0.05, 0) is 19.8 Å². The van der Waals surface area contributed by atoms with Gasteiger partial charge in [-0.1, -0.05) is 22.4 Å².